The lowest BCUT2D eigenvalue weighted by molar-refractivity contribution is 0.126. The first-order valence-corrected chi connectivity index (χ1v) is 11.4. The maximum absolute atomic E-state index is 12.5. The zero-order chi connectivity index (χ0) is 21.3. The maximum atomic E-state index is 12.5. The van der Waals surface area contributed by atoms with Crippen molar-refractivity contribution in [2.45, 2.75) is 19.4 Å². The van der Waals surface area contributed by atoms with E-state index in [4.69, 9.17) is 0 Å². The molecule has 0 fully saturated rings. The Bertz CT molecular complexity index is 1150. The average molecular weight is 522 g/mol. The lowest BCUT2D eigenvalue weighted by Gasteiger charge is -2.33. The first-order valence-electron chi connectivity index (χ1n) is 9.80. The molecular weight excluding hydrogens is 500 g/mol. The molecule has 0 spiro atoms. The van der Waals surface area contributed by atoms with Gasteiger partial charge < -0.3 is 5.11 Å². The van der Waals surface area contributed by atoms with E-state index in [0.29, 0.717) is 0 Å². The summed E-state index contributed by atoms with van der Waals surface area (Å²) in [6, 6.07) is 30.6. The molecule has 0 amide bonds. The number of benzene rings is 4. The Kier molecular flexibility index (Phi) is 5.97. The van der Waals surface area contributed by atoms with Crippen LogP contribution in [0.3, 0.4) is 0 Å². The molecule has 0 bridgehead atoms. The van der Waals surface area contributed by atoms with Gasteiger partial charge in [0, 0.05) is 14.5 Å². The van der Waals surface area contributed by atoms with Crippen LogP contribution in [0.4, 0.5) is 0 Å². The molecule has 0 saturated heterocycles. The van der Waals surface area contributed by atoms with Crippen LogP contribution in [-0.2, 0) is 5.60 Å². The van der Waals surface area contributed by atoms with Gasteiger partial charge in [-0.15, -0.1) is 0 Å². The summed E-state index contributed by atoms with van der Waals surface area (Å²) in [5.41, 5.74) is 5.52. The van der Waals surface area contributed by atoms with Gasteiger partial charge in [0.25, 0.3) is 0 Å². The summed E-state index contributed by atoms with van der Waals surface area (Å²) in [5, 5.41) is 12.5. The molecule has 0 atom stereocenters. The Balaban J connectivity index is 2.06. The normalized spacial score (nSPS) is 11.5. The molecule has 1 nitrogen and oxygen atoms in total. The van der Waals surface area contributed by atoms with E-state index in [0.717, 1.165) is 47.9 Å². The Hall–Kier alpha value is -2.20. The zero-order valence-electron chi connectivity index (χ0n) is 16.9. The van der Waals surface area contributed by atoms with Gasteiger partial charge in [-0.2, -0.15) is 0 Å². The van der Waals surface area contributed by atoms with E-state index in [9.17, 15) is 5.11 Å². The third-order valence-corrected chi connectivity index (χ3v) is 6.42. The largest absolute Gasteiger partial charge is 0.376 e. The van der Waals surface area contributed by atoms with Gasteiger partial charge in [-0.05, 0) is 60.4 Å². The molecule has 4 aromatic rings. The van der Waals surface area contributed by atoms with Crippen LogP contribution in [0.1, 0.15) is 27.8 Å². The van der Waals surface area contributed by atoms with Gasteiger partial charge in [-0.25, -0.2) is 0 Å². The summed E-state index contributed by atoms with van der Waals surface area (Å²) >= 11 is 7.15. The van der Waals surface area contributed by atoms with Crippen molar-refractivity contribution in [3.05, 3.63) is 128 Å². The molecular formula is C27H22Br2O. The SMILES string of the molecule is Cc1cccc(C(O)(c2cccc(C)c2)c2cc(Br)ccc2-c2ccc(Br)cc2)c1. The third kappa shape index (κ3) is 4.02. The quantitative estimate of drug-likeness (QED) is 0.272. The molecule has 0 aliphatic rings. The maximum Gasteiger partial charge on any atom is 0.141 e. The molecule has 0 aromatic heterocycles. The monoisotopic (exact) mass is 520 g/mol. The van der Waals surface area contributed by atoms with Gasteiger partial charge >= 0.3 is 0 Å². The first-order chi connectivity index (χ1) is 14.4. The fraction of sp³-hybridized carbons (Fsp3) is 0.111. The Morgan fingerprint density at radius 2 is 1.17 bits per heavy atom. The fourth-order valence-corrected chi connectivity index (χ4v) is 4.54. The number of hydrogen-bond acceptors (Lipinski definition) is 1. The molecule has 150 valence electrons. The molecule has 4 rings (SSSR count). The molecule has 0 unspecified atom stereocenters. The van der Waals surface area contributed by atoms with Crippen LogP contribution in [0, 0.1) is 13.8 Å². The minimum atomic E-state index is -1.30. The van der Waals surface area contributed by atoms with Crippen LogP contribution in [-0.4, -0.2) is 5.11 Å². The number of aliphatic hydroxyl groups is 1. The first kappa shape index (κ1) is 21.0. The second-order valence-electron chi connectivity index (χ2n) is 7.65. The summed E-state index contributed by atoms with van der Waals surface area (Å²) in [5.74, 6) is 0. The highest BCUT2D eigenvalue weighted by Crippen LogP contribution is 2.43. The van der Waals surface area contributed by atoms with Gasteiger partial charge in [0.1, 0.15) is 5.60 Å². The molecule has 0 radical (unpaired) electrons. The summed E-state index contributed by atoms with van der Waals surface area (Å²) in [6.07, 6.45) is 0. The van der Waals surface area contributed by atoms with Crippen molar-refractivity contribution in [3.8, 4) is 11.1 Å². The van der Waals surface area contributed by atoms with E-state index in [-0.39, 0.29) is 0 Å². The number of rotatable bonds is 4. The second kappa shape index (κ2) is 8.50. The molecule has 3 heteroatoms. The number of hydrogen-bond donors (Lipinski definition) is 1. The van der Waals surface area contributed by atoms with Crippen molar-refractivity contribution in [1.82, 2.24) is 0 Å². The third-order valence-electron chi connectivity index (χ3n) is 5.40. The molecule has 0 aliphatic heterocycles. The van der Waals surface area contributed by atoms with Crippen molar-refractivity contribution < 1.29 is 5.11 Å². The Morgan fingerprint density at radius 3 is 1.70 bits per heavy atom. The van der Waals surface area contributed by atoms with Crippen LogP contribution >= 0.6 is 31.9 Å². The van der Waals surface area contributed by atoms with Crippen molar-refractivity contribution in [2.24, 2.45) is 0 Å². The number of halogens is 2. The van der Waals surface area contributed by atoms with Crippen molar-refractivity contribution in [1.29, 1.82) is 0 Å². The lowest BCUT2D eigenvalue weighted by atomic mass is 9.76. The molecule has 0 aliphatic carbocycles. The number of aryl methyl sites for hydroxylation is 2. The Morgan fingerprint density at radius 1 is 0.633 bits per heavy atom. The van der Waals surface area contributed by atoms with Crippen LogP contribution in [0.5, 0.6) is 0 Å². The summed E-state index contributed by atoms with van der Waals surface area (Å²) in [6.45, 7) is 4.10. The summed E-state index contributed by atoms with van der Waals surface area (Å²) < 4.78 is 1.95. The van der Waals surface area contributed by atoms with Crippen LogP contribution < -0.4 is 0 Å². The van der Waals surface area contributed by atoms with Crippen molar-refractivity contribution in [3.63, 3.8) is 0 Å². The topological polar surface area (TPSA) is 20.2 Å². The lowest BCUT2D eigenvalue weighted by Crippen LogP contribution is -2.30. The van der Waals surface area contributed by atoms with Crippen molar-refractivity contribution in [2.75, 3.05) is 0 Å². The van der Waals surface area contributed by atoms with E-state index in [1.807, 2.05) is 48.5 Å². The molecule has 0 saturated carbocycles. The van der Waals surface area contributed by atoms with Gasteiger partial charge in [0.05, 0.1) is 0 Å². The van der Waals surface area contributed by atoms with Gasteiger partial charge in [-0.1, -0.05) is 110 Å². The zero-order valence-corrected chi connectivity index (χ0v) is 20.0. The van der Waals surface area contributed by atoms with E-state index >= 15 is 0 Å². The minimum Gasteiger partial charge on any atom is -0.376 e. The molecule has 0 heterocycles. The molecule has 1 N–H and O–H groups in total. The second-order valence-corrected chi connectivity index (χ2v) is 9.48. The van der Waals surface area contributed by atoms with Crippen LogP contribution in [0.25, 0.3) is 11.1 Å². The van der Waals surface area contributed by atoms with Gasteiger partial charge in [0.2, 0.25) is 0 Å². The summed E-state index contributed by atoms with van der Waals surface area (Å²) in [7, 11) is 0. The average Bonchev–Trinajstić information content (AvgIpc) is 2.74. The fourth-order valence-electron chi connectivity index (χ4n) is 3.91. The van der Waals surface area contributed by atoms with Crippen LogP contribution in [0.15, 0.2) is 99.9 Å². The smallest absolute Gasteiger partial charge is 0.141 e. The summed E-state index contributed by atoms with van der Waals surface area (Å²) in [4.78, 5) is 0. The highest BCUT2D eigenvalue weighted by atomic mass is 79.9. The van der Waals surface area contributed by atoms with Crippen LogP contribution in [0.2, 0.25) is 0 Å². The standard InChI is InChI=1S/C27H22Br2O/c1-18-5-3-7-21(15-18)27(30,22-8-4-6-19(2)16-22)26-17-24(29)13-14-25(26)20-9-11-23(28)12-10-20/h3-17,30H,1-2H3. The predicted octanol–water partition coefficient (Wildman–Crippen LogP) is 7.78. The Labute approximate surface area is 194 Å². The van der Waals surface area contributed by atoms with E-state index in [1.165, 1.54) is 0 Å². The highest BCUT2D eigenvalue weighted by Gasteiger charge is 2.36. The van der Waals surface area contributed by atoms with Crippen molar-refractivity contribution >= 4 is 31.9 Å². The van der Waals surface area contributed by atoms with E-state index in [1.54, 1.807) is 0 Å². The molecule has 4 aromatic carbocycles. The van der Waals surface area contributed by atoms with E-state index in [2.05, 4.69) is 88.2 Å². The van der Waals surface area contributed by atoms with Gasteiger partial charge in [-0.3, -0.25) is 0 Å². The van der Waals surface area contributed by atoms with E-state index < -0.39 is 5.60 Å². The molecule has 30 heavy (non-hydrogen) atoms. The van der Waals surface area contributed by atoms with Gasteiger partial charge in [0.15, 0.2) is 0 Å². The highest BCUT2D eigenvalue weighted by molar-refractivity contribution is 9.10. The predicted molar refractivity (Wildman–Crippen MR) is 132 cm³/mol. The minimum absolute atomic E-state index is 0.843.